The zero-order valence-electron chi connectivity index (χ0n) is 18.2. The molecule has 0 spiro atoms. The Labute approximate surface area is 195 Å². The van der Waals surface area contributed by atoms with Gasteiger partial charge in [0.25, 0.3) is 5.91 Å². The summed E-state index contributed by atoms with van der Waals surface area (Å²) < 4.78 is 11.4. The molecule has 0 saturated heterocycles. The minimum Gasteiger partial charge on any atom is -0.493 e. The predicted octanol–water partition coefficient (Wildman–Crippen LogP) is 3.99. The third-order valence-electron chi connectivity index (χ3n) is 4.41. The first-order chi connectivity index (χ1) is 13.9. The first kappa shape index (κ1) is 25.8. The van der Waals surface area contributed by atoms with Crippen LogP contribution in [0, 0.1) is 12.8 Å². The van der Waals surface area contributed by atoms with Crippen molar-refractivity contribution in [1.82, 2.24) is 10.6 Å². The van der Waals surface area contributed by atoms with Crippen LogP contribution in [0.3, 0.4) is 0 Å². The predicted molar refractivity (Wildman–Crippen MR) is 130 cm³/mol. The lowest BCUT2D eigenvalue weighted by molar-refractivity contribution is 0.0972. The standard InChI is InChI=1S/C22H32N4O3.HI/c1-15(2)6-5-11-28-20-12-16(3)7-8-17(20)13-25-22(24-4)26-14-18-9-10-19(29-18)21(23)27;/h7-10,12,15H,5-6,11,13-14H2,1-4H3,(H2,23,27)(H2,24,25,26);1H. The number of rotatable bonds is 10. The van der Waals surface area contributed by atoms with Crippen LogP contribution >= 0.6 is 24.0 Å². The molecule has 1 aromatic heterocycles. The van der Waals surface area contributed by atoms with Crippen molar-refractivity contribution in [3.05, 3.63) is 53.0 Å². The molecule has 0 saturated carbocycles. The van der Waals surface area contributed by atoms with Gasteiger partial charge in [-0.3, -0.25) is 9.79 Å². The molecule has 30 heavy (non-hydrogen) atoms. The topological polar surface area (TPSA) is 102 Å². The second-order valence-corrected chi connectivity index (χ2v) is 7.41. The summed E-state index contributed by atoms with van der Waals surface area (Å²) in [6.45, 7) is 8.17. The van der Waals surface area contributed by atoms with Crippen molar-refractivity contribution in [3.8, 4) is 5.75 Å². The number of carbonyl (C=O) groups excluding carboxylic acids is 1. The molecule has 0 unspecified atom stereocenters. The molecule has 0 radical (unpaired) electrons. The Kier molecular flexibility index (Phi) is 11.3. The number of ether oxygens (including phenoxy) is 1. The smallest absolute Gasteiger partial charge is 0.284 e. The van der Waals surface area contributed by atoms with Gasteiger partial charge in [-0.05, 0) is 49.4 Å². The van der Waals surface area contributed by atoms with Crippen molar-refractivity contribution in [2.75, 3.05) is 13.7 Å². The van der Waals surface area contributed by atoms with Crippen LogP contribution in [0.25, 0.3) is 0 Å². The highest BCUT2D eigenvalue weighted by atomic mass is 127. The van der Waals surface area contributed by atoms with E-state index in [1.165, 1.54) is 0 Å². The fraction of sp³-hybridized carbons (Fsp3) is 0.455. The molecule has 0 aliphatic rings. The first-order valence-corrected chi connectivity index (χ1v) is 9.94. The largest absolute Gasteiger partial charge is 0.493 e. The molecule has 0 fully saturated rings. The van der Waals surface area contributed by atoms with Gasteiger partial charge in [-0.1, -0.05) is 26.0 Å². The summed E-state index contributed by atoms with van der Waals surface area (Å²) in [7, 11) is 1.70. The fourth-order valence-electron chi connectivity index (χ4n) is 2.79. The number of carbonyl (C=O) groups is 1. The number of benzene rings is 1. The van der Waals surface area contributed by atoms with E-state index in [2.05, 4.69) is 54.6 Å². The maximum absolute atomic E-state index is 11.1. The van der Waals surface area contributed by atoms with Crippen molar-refractivity contribution in [2.24, 2.45) is 16.6 Å². The molecule has 1 aromatic carbocycles. The maximum atomic E-state index is 11.1. The van der Waals surface area contributed by atoms with E-state index in [0.717, 1.165) is 29.7 Å². The number of furan rings is 1. The molecule has 8 heteroatoms. The quantitative estimate of drug-likeness (QED) is 0.187. The van der Waals surface area contributed by atoms with Crippen molar-refractivity contribution in [3.63, 3.8) is 0 Å². The number of nitrogens with zero attached hydrogens (tertiary/aromatic N) is 1. The second-order valence-electron chi connectivity index (χ2n) is 7.41. The Morgan fingerprint density at radius 2 is 1.93 bits per heavy atom. The monoisotopic (exact) mass is 528 g/mol. The van der Waals surface area contributed by atoms with Crippen molar-refractivity contribution in [2.45, 2.75) is 46.7 Å². The third kappa shape index (κ3) is 8.64. The number of guanidine groups is 1. The molecule has 7 nitrogen and oxygen atoms in total. The summed E-state index contributed by atoms with van der Waals surface area (Å²) in [5, 5.41) is 6.44. The number of hydrogen-bond acceptors (Lipinski definition) is 4. The zero-order valence-corrected chi connectivity index (χ0v) is 20.5. The van der Waals surface area contributed by atoms with Gasteiger partial charge in [0.05, 0.1) is 13.2 Å². The Hall–Kier alpha value is -2.23. The van der Waals surface area contributed by atoms with E-state index in [4.69, 9.17) is 14.9 Å². The number of aryl methyl sites for hydroxylation is 1. The molecule has 0 atom stereocenters. The van der Waals surface area contributed by atoms with E-state index in [1.807, 2.05) is 0 Å². The SMILES string of the molecule is CN=C(NCc1ccc(C(N)=O)o1)NCc1ccc(C)cc1OCCCC(C)C.I. The van der Waals surface area contributed by atoms with E-state index in [9.17, 15) is 4.79 Å². The lowest BCUT2D eigenvalue weighted by Crippen LogP contribution is -2.36. The summed E-state index contributed by atoms with van der Waals surface area (Å²) in [6, 6.07) is 9.48. The Morgan fingerprint density at radius 1 is 1.20 bits per heavy atom. The number of nitrogens with one attached hydrogen (secondary N) is 2. The summed E-state index contributed by atoms with van der Waals surface area (Å²) in [5.74, 6) is 2.36. The Morgan fingerprint density at radius 3 is 2.57 bits per heavy atom. The van der Waals surface area contributed by atoms with Crippen LogP contribution in [0.4, 0.5) is 0 Å². The van der Waals surface area contributed by atoms with E-state index >= 15 is 0 Å². The van der Waals surface area contributed by atoms with Crippen molar-refractivity contribution >= 4 is 35.8 Å². The number of halogens is 1. The normalized spacial score (nSPS) is 11.2. The average molecular weight is 528 g/mol. The van der Waals surface area contributed by atoms with Crippen LogP contribution in [0.1, 0.15) is 54.1 Å². The number of hydrogen-bond donors (Lipinski definition) is 3. The molecule has 1 amide bonds. The number of aliphatic imine (C=N–C) groups is 1. The van der Waals surface area contributed by atoms with Crippen LogP contribution in [0.15, 0.2) is 39.7 Å². The van der Waals surface area contributed by atoms with Gasteiger partial charge in [-0.15, -0.1) is 24.0 Å². The van der Waals surface area contributed by atoms with Gasteiger partial charge in [0.2, 0.25) is 0 Å². The summed E-state index contributed by atoms with van der Waals surface area (Å²) in [5.41, 5.74) is 7.43. The third-order valence-corrected chi connectivity index (χ3v) is 4.41. The highest BCUT2D eigenvalue weighted by Crippen LogP contribution is 2.21. The highest BCUT2D eigenvalue weighted by molar-refractivity contribution is 14.0. The van der Waals surface area contributed by atoms with Gasteiger partial charge in [0, 0.05) is 19.2 Å². The Balaban J connectivity index is 0.00000450. The molecular weight excluding hydrogens is 495 g/mol. The minimum atomic E-state index is -0.584. The molecule has 166 valence electrons. The number of nitrogens with two attached hydrogens (primary N) is 1. The molecule has 0 aliphatic carbocycles. The molecule has 0 aliphatic heterocycles. The summed E-state index contributed by atoms with van der Waals surface area (Å²) in [6.07, 6.45) is 2.19. The number of amides is 1. The first-order valence-electron chi connectivity index (χ1n) is 9.94. The highest BCUT2D eigenvalue weighted by Gasteiger charge is 2.09. The van der Waals surface area contributed by atoms with Crippen LogP contribution in [-0.4, -0.2) is 25.5 Å². The molecule has 4 N–H and O–H groups in total. The fourth-order valence-corrected chi connectivity index (χ4v) is 2.79. The van der Waals surface area contributed by atoms with E-state index in [1.54, 1.807) is 19.2 Å². The lowest BCUT2D eigenvalue weighted by Gasteiger charge is -2.15. The average Bonchev–Trinajstić information content (AvgIpc) is 3.16. The summed E-state index contributed by atoms with van der Waals surface area (Å²) in [4.78, 5) is 15.3. The van der Waals surface area contributed by atoms with E-state index in [-0.39, 0.29) is 29.7 Å². The van der Waals surface area contributed by atoms with Gasteiger partial charge >= 0.3 is 0 Å². The molecular formula is C22H33IN4O3. The Bertz CT molecular complexity index is 834. The zero-order chi connectivity index (χ0) is 21.2. The molecule has 2 aromatic rings. The van der Waals surface area contributed by atoms with Gasteiger partial charge in [0.1, 0.15) is 11.5 Å². The van der Waals surface area contributed by atoms with E-state index in [0.29, 0.717) is 37.3 Å². The molecule has 2 rings (SSSR count). The van der Waals surface area contributed by atoms with Gasteiger partial charge in [-0.2, -0.15) is 0 Å². The molecule has 0 bridgehead atoms. The van der Waals surface area contributed by atoms with E-state index < -0.39 is 5.91 Å². The van der Waals surface area contributed by atoms with Crippen LogP contribution in [-0.2, 0) is 13.1 Å². The van der Waals surface area contributed by atoms with Gasteiger partial charge in [-0.25, -0.2) is 0 Å². The lowest BCUT2D eigenvalue weighted by atomic mass is 10.1. The van der Waals surface area contributed by atoms with Crippen molar-refractivity contribution < 1.29 is 13.9 Å². The molecule has 1 heterocycles. The maximum Gasteiger partial charge on any atom is 0.284 e. The van der Waals surface area contributed by atoms with Crippen molar-refractivity contribution in [1.29, 1.82) is 0 Å². The second kappa shape index (κ2) is 13.1. The minimum absolute atomic E-state index is 0. The van der Waals surface area contributed by atoms with Crippen LogP contribution < -0.4 is 21.1 Å². The van der Waals surface area contributed by atoms with Crippen LogP contribution in [0.2, 0.25) is 0 Å². The van der Waals surface area contributed by atoms with Gasteiger partial charge < -0.3 is 25.5 Å². The van der Waals surface area contributed by atoms with Gasteiger partial charge in [0.15, 0.2) is 11.7 Å². The summed E-state index contributed by atoms with van der Waals surface area (Å²) >= 11 is 0. The van der Waals surface area contributed by atoms with Crippen LogP contribution in [0.5, 0.6) is 5.75 Å². The number of primary amides is 1.